The lowest BCUT2D eigenvalue weighted by atomic mass is 10.0. The van der Waals surface area contributed by atoms with E-state index >= 15 is 0 Å². The van der Waals surface area contributed by atoms with Gasteiger partial charge in [-0.25, -0.2) is 0 Å². The van der Waals surface area contributed by atoms with E-state index in [4.69, 9.17) is 9.47 Å². The van der Waals surface area contributed by atoms with E-state index in [2.05, 4.69) is 34.1 Å². The van der Waals surface area contributed by atoms with Crippen LogP contribution >= 0.6 is 15.9 Å². The Bertz CT molecular complexity index is 601. The lowest BCUT2D eigenvalue weighted by Crippen LogP contribution is -2.12. The molecule has 1 fully saturated rings. The first kappa shape index (κ1) is 14.5. The average Bonchev–Trinajstić information content (AvgIpc) is 3.01. The highest BCUT2D eigenvalue weighted by Crippen LogP contribution is 2.40. The fourth-order valence-electron chi connectivity index (χ4n) is 2.83. The van der Waals surface area contributed by atoms with Gasteiger partial charge in [0.15, 0.2) is 11.5 Å². The Balaban J connectivity index is 2.00. The van der Waals surface area contributed by atoms with Gasteiger partial charge in [0.05, 0.1) is 13.2 Å². The van der Waals surface area contributed by atoms with Crippen molar-refractivity contribution in [2.24, 2.45) is 0 Å². The second-order valence-electron chi connectivity index (χ2n) is 5.37. The van der Waals surface area contributed by atoms with Crippen molar-refractivity contribution < 1.29 is 9.47 Å². The fraction of sp³-hybridized carbons (Fsp3) is 0.333. The van der Waals surface area contributed by atoms with Crippen LogP contribution in [0.15, 0.2) is 46.9 Å². The van der Waals surface area contributed by atoms with E-state index in [1.807, 2.05) is 24.3 Å². The van der Waals surface area contributed by atoms with Gasteiger partial charge < -0.3 is 9.47 Å². The number of hydrogen-bond donors (Lipinski definition) is 0. The monoisotopic (exact) mass is 346 g/mol. The average molecular weight is 347 g/mol. The van der Waals surface area contributed by atoms with Gasteiger partial charge >= 0.3 is 0 Å². The molecule has 0 saturated heterocycles. The Kier molecular flexibility index (Phi) is 4.49. The summed E-state index contributed by atoms with van der Waals surface area (Å²) in [5.41, 5.74) is 2.24. The zero-order valence-electron chi connectivity index (χ0n) is 12.1. The van der Waals surface area contributed by atoms with E-state index in [0.29, 0.717) is 6.10 Å². The molecule has 1 aliphatic carbocycles. The maximum absolute atomic E-state index is 6.28. The molecule has 2 aromatic carbocycles. The van der Waals surface area contributed by atoms with Gasteiger partial charge in [-0.05, 0) is 49.4 Å². The minimum atomic E-state index is 0.315. The first-order valence-electron chi connectivity index (χ1n) is 7.37. The summed E-state index contributed by atoms with van der Waals surface area (Å²) in [4.78, 5) is 0. The molecule has 0 aliphatic heterocycles. The van der Waals surface area contributed by atoms with Gasteiger partial charge in [0.2, 0.25) is 0 Å². The first-order chi connectivity index (χ1) is 10.3. The molecule has 3 heteroatoms. The van der Waals surface area contributed by atoms with Crippen molar-refractivity contribution in [2.45, 2.75) is 31.8 Å². The Morgan fingerprint density at radius 3 is 2.38 bits per heavy atom. The number of ether oxygens (including phenoxy) is 2. The molecular weight excluding hydrogens is 328 g/mol. The second-order valence-corrected chi connectivity index (χ2v) is 6.28. The quantitative estimate of drug-likeness (QED) is 0.733. The second kappa shape index (κ2) is 6.52. The number of hydrogen-bond acceptors (Lipinski definition) is 2. The summed E-state index contributed by atoms with van der Waals surface area (Å²) in [6, 6.07) is 14.4. The van der Waals surface area contributed by atoms with Crippen LogP contribution in [0.2, 0.25) is 0 Å². The van der Waals surface area contributed by atoms with Crippen LogP contribution in [-0.4, -0.2) is 13.2 Å². The van der Waals surface area contributed by atoms with Crippen molar-refractivity contribution >= 4 is 15.9 Å². The minimum Gasteiger partial charge on any atom is -0.493 e. The molecule has 1 aliphatic rings. The van der Waals surface area contributed by atoms with Crippen molar-refractivity contribution in [3.63, 3.8) is 0 Å². The van der Waals surface area contributed by atoms with Crippen molar-refractivity contribution in [3.05, 3.63) is 46.9 Å². The summed E-state index contributed by atoms with van der Waals surface area (Å²) in [7, 11) is 1.70. The zero-order chi connectivity index (χ0) is 14.7. The number of methoxy groups -OCH3 is 1. The number of para-hydroxylation sites is 1. The molecule has 1 saturated carbocycles. The fourth-order valence-corrected chi connectivity index (χ4v) is 3.09. The predicted octanol–water partition coefficient (Wildman–Crippen LogP) is 5.45. The van der Waals surface area contributed by atoms with Crippen LogP contribution in [0.4, 0.5) is 0 Å². The lowest BCUT2D eigenvalue weighted by Gasteiger charge is -2.19. The van der Waals surface area contributed by atoms with Crippen molar-refractivity contribution in [1.29, 1.82) is 0 Å². The van der Waals surface area contributed by atoms with Crippen molar-refractivity contribution in [2.75, 3.05) is 7.11 Å². The molecule has 0 unspecified atom stereocenters. The zero-order valence-corrected chi connectivity index (χ0v) is 13.7. The van der Waals surface area contributed by atoms with Gasteiger partial charge in [-0.15, -0.1) is 0 Å². The molecule has 0 amide bonds. The number of rotatable bonds is 4. The van der Waals surface area contributed by atoms with Crippen molar-refractivity contribution in [1.82, 2.24) is 0 Å². The highest BCUT2D eigenvalue weighted by Gasteiger charge is 2.21. The maximum atomic E-state index is 6.28. The molecule has 0 spiro atoms. The Morgan fingerprint density at radius 1 is 1.00 bits per heavy atom. The first-order valence-corrected chi connectivity index (χ1v) is 8.17. The Labute approximate surface area is 134 Å². The summed E-state index contributed by atoms with van der Waals surface area (Å²) in [5, 5.41) is 0. The molecule has 0 radical (unpaired) electrons. The van der Waals surface area contributed by atoms with Crippen LogP contribution in [0.5, 0.6) is 11.5 Å². The van der Waals surface area contributed by atoms with Crippen LogP contribution in [0.3, 0.4) is 0 Å². The molecule has 3 rings (SSSR count). The highest BCUT2D eigenvalue weighted by atomic mass is 79.9. The number of halogens is 1. The standard InChI is InChI=1S/C18H19BrO2/c1-20-17-8-4-7-16(13-9-11-14(19)12-10-13)18(17)21-15-5-2-3-6-15/h4,7-12,15H,2-3,5-6H2,1H3. The van der Waals surface area contributed by atoms with Gasteiger partial charge in [0.25, 0.3) is 0 Å². The van der Waals surface area contributed by atoms with E-state index in [-0.39, 0.29) is 0 Å². The molecule has 2 nitrogen and oxygen atoms in total. The van der Waals surface area contributed by atoms with E-state index in [1.54, 1.807) is 7.11 Å². The van der Waals surface area contributed by atoms with E-state index in [0.717, 1.165) is 39.9 Å². The Hall–Kier alpha value is -1.48. The SMILES string of the molecule is COc1cccc(-c2ccc(Br)cc2)c1OC1CCCC1. The van der Waals surface area contributed by atoms with Crippen LogP contribution in [-0.2, 0) is 0 Å². The summed E-state index contributed by atoms with van der Waals surface area (Å²) in [5.74, 6) is 1.68. The summed E-state index contributed by atoms with van der Waals surface area (Å²) in [6.07, 6.45) is 5.10. The molecular formula is C18H19BrO2. The summed E-state index contributed by atoms with van der Waals surface area (Å²) >= 11 is 3.48. The van der Waals surface area contributed by atoms with E-state index < -0.39 is 0 Å². The molecule has 2 aromatic rings. The third-order valence-corrected chi connectivity index (χ3v) is 4.47. The van der Waals surface area contributed by atoms with Crippen LogP contribution in [0, 0.1) is 0 Å². The molecule has 0 N–H and O–H groups in total. The van der Waals surface area contributed by atoms with Crippen molar-refractivity contribution in [3.8, 4) is 22.6 Å². The third kappa shape index (κ3) is 3.24. The smallest absolute Gasteiger partial charge is 0.169 e. The Morgan fingerprint density at radius 2 is 1.71 bits per heavy atom. The van der Waals surface area contributed by atoms with Crippen LogP contribution in [0.25, 0.3) is 11.1 Å². The molecule has 0 atom stereocenters. The molecule has 110 valence electrons. The molecule has 21 heavy (non-hydrogen) atoms. The summed E-state index contributed by atoms with van der Waals surface area (Å²) in [6.45, 7) is 0. The molecule has 0 aromatic heterocycles. The third-order valence-electron chi connectivity index (χ3n) is 3.94. The topological polar surface area (TPSA) is 18.5 Å². The normalized spacial score (nSPS) is 15.1. The van der Waals surface area contributed by atoms with E-state index in [1.165, 1.54) is 12.8 Å². The highest BCUT2D eigenvalue weighted by molar-refractivity contribution is 9.10. The van der Waals surface area contributed by atoms with Crippen LogP contribution in [0.1, 0.15) is 25.7 Å². The number of benzene rings is 2. The maximum Gasteiger partial charge on any atom is 0.169 e. The van der Waals surface area contributed by atoms with Crippen LogP contribution < -0.4 is 9.47 Å². The van der Waals surface area contributed by atoms with Gasteiger partial charge in [-0.2, -0.15) is 0 Å². The largest absolute Gasteiger partial charge is 0.493 e. The lowest BCUT2D eigenvalue weighted by molar-refractivity contribution is 0.202. The minimum absolute atomic E-state index is 0.315. The molecule has 0 heterocycles. The summed E-state index contributed by atoms with van der Waals surface area (Å²) < 4.78 is 12.9. The van der Waals surface area contributed by atoms with Gasteiger partial charge in [-0.3, -0.25) is 0 Å². The predicted molar refractivity (Wildman–Crippen MR) is 89.0 cm³/mol. The molecule has 0 bridgehead atoms. The van der Waals surface area contributed by atoms with E-state index in [9.17, 15) is 0 Å². The van der Waals surface area contributed by atoms with Gasteiger partial charge in [0.1, 0.15) is 0 Å². The van der Waals surface area contributed by atoms with Gasteiger partial charge in [0, 0.05) is 10.0 Å². The van der Waals surface area contributed by atoms with Gasteiger partial charge in [-0.1, -0.05) is 40.2 Å².